The fraction of sp³-hybridized carbons (Fsp3) is 0.0385. The van der Waals surface area contributed by atoms with E-state index in [1.165, 1.54) is 24.5 Å². The second-order valence-electron chi connectivity index (χ2n) is 7.02. The van der Waals surface area contributed by atoms with Crippen molar-refractivity contribution in [1.82, 2.24) is 0 Å². The molecule has 0 radical (unpaired) electrons. The highest BCUT2D eigenvalue weighted by molar-refractivity contribution is 7.20. The van der Waals surface area contributed by atoms with E-state index in [-0.39, 0.29) is 16.1 Å². The van der Waals surface area contributed by atoms with Gasteiger partial charge in [-0.3, -0.25) is 4.79 Å². The fourth-order valence-electron chi connectivity index (χ4n) is 3.19. The molecule has 0 bridgehead atoms. The second-order valence-corrected chi connectivity index (χ2v) is 8.48. The summed E-state index contributed by atoms with van der Waals surface area (Å²) >= 11 is 7.43. The monoisotopic (exact) mass is 488 g/mol. The van der Waals surface area contributed by atoms with Gasteiger partial charge < -0.3 is 14.5 Å². The van der Waals surface area contributed by atoms with Crippen molar-refractivity contribution < 1.29 is 18.7 Å². The van der Waals surface area contributed by atoms with Gasteiger partial charge in [0.1, 0.15) is 28.2 Å². The predicted molar refractivity (Wildman–Crippen MR) is 132 cm³/mol. The molecule has 6 nitrogen and oxygen atoms in total. The highest BCUT2D eigenvalue weighted by atomic mass is 35.5. The number of halogens is 1. The summed E-state index contributed by atoms with van der Waals surface area (Å²) in [7, 11) is 1.27. The first-order valence-corrected chi connectivity index (χ1v) is 11.2. The summed E-state index contributed by atoms with van der Waals surface area (Å²) in [5, 5.41) is 13.0. The zero-order chi connectivity index (χ0) is 24.1. The van der Waals surface area contributed by atoms with E-state index in [1.807, 2.05) is 54.6 Å². The van der Waals surface area contributed by atoms with E-state index in [0.29, 0.717) is 22.1 Å². The zero-order valence-corrected chi connectivity index (χ0v) is 19.4. The van der Waals surface area contributed by atoms with Gasteiger partial charge in [0.15, 0.2) is 0 Å². The van der Waals surface area contributed by atoms with E-state index in [1.54, 1.807) is 24.3 Å². The van der Waals surface area contributed by atoms with Gasteiger partial charge in [-0.1, -0.05) is 54.1 Å². The normalized spacial score (nSPS) is 11.0. The quantitative estimate of drug-likeness (QED) is 0.186. The Bertz CT molecular complexity index is 1430. The molecular formula is C26H17ClN2O4S. The minimum absolute atomic E-state index is 0.189. The average Bonchev–Trinajstić information content (AvgIpc) is 3.50. The molecule has 2 heterocycles. The Labute approximate surface area is 204 Å². The van der Waals surface area contributed by atoms with Crippen molar-refractivity contribution in [2.24, 2.45) is 0 Å². The lowest BCUT2D eigenvalue weighted by molar-refractivity contribution is -0.112. The number of amides is 1. The van der Waals surface area contributed by atoms with Gasteiger partial charge in [-0.25, -0.2) is 4.79 Å². The van der Waals surface area contributed by atoms with Crippen LogP contribution in [0.15, 0.2) is 82.8 Å². The number of esters is 1. The topological polar surface area (TPSA) is 92.3 Å². The number of anilines is 1. The van der Waals surface area contributed by atoms with Gasteiger partial charge in [-0.15, -0.1) is 11.3 Å². The van der Waals surface area contributed by atoms with Gasteiger partial charge >= 0.3 is 5.97 Å². The first kappa shape index (κ1) is 23.1. The molecule has 0 spiro atoms. The van der Waals surface area contributed by atoms with E-state index in [9.17, 15) is 14.9 Å². The van der Waals surface area contributed by atoms with Crippen molar-refractivity contribution in [3.8, 4) is 27.8 Å². The molecule has 2 aromatic carbocycles. The number of nitriles is 1. The third-order valence-corrected chi connectivity index (χ3v) is 6.27. The van der Waals surface area contributed by atoms with Crippen molar-refractivity contribution >= 4 is 45.9 Å². The Hall–Kier alpha value is -4.12. The highest BCUT2D eigenvalue weighted by Crippen LogP contribution is 2.36. The molecule has 168 valence electrons. The smallest absolute Gasteiger partial charge is 0.340 e. The molecule has 0 aliphatic carbocycles. The number of nitrogens with zero attached hydrogens (tertiary/aromatic N) is 1. The van der Waals surface area contributed by atoms with E-state index in [2.05, 4.69) is 5.32 Å². The molecule has 0 saturated carbocycles. The van der Waals surface area contributed by atoms with E-state index in [0.717, 1.165) is 10.4 Å². The van der Waals surface area contributed by atoms with Crippen LogP contribution in [0.2, 0.25) is 5.02 Å². The van der Waals surface area contributed by atoms with Crippen LogP contribution in [0.25, 0.3) is 27.8 Å². The van der Waals surface area contributed by atoms with Crippen molar-refractivity contribution in [3.05, 3.63) is 94.7 Å². The number of methoxy groups -OCH3 is 1. The summed E-state index contributed by atoms with van der Waals surface area (Å²) < 4.78 is 10.6. The Morgan fingerprint density at radius 2 is 1.82 bits per heavy atom. The van der Waals surface area contributed by atoms with Gasteiger partial charge in [0.05, 0.1) is 17.7 Å². The Kier molecular flexibility index (Phi) is 6.93. The van der Waals surface area contributed by atoms with E-state index in [4.69, 9.17) is 20.8 Å². The van der Waals surface area contributed by atoms with Crippen LogP contribution in [0.5, 0.6) is 0 Å². The number of benzene rings is 2. The zero-order valence-electron chi connectivity index (χ0n) is 17.9. The summed E-state index contributed by atoms with van der Waals surface area (Å²) in [4.78, 5) is 25.9. The molecular weight excluding hydrogens is 472 g/mol. The first-order chi connectivity index (χ1) is 16.5. The van der Waals surface area contributed by atoms with Crippen molar-refractivity contribution in [2.45, 2.75) is 0 Å². The van der Waals surface area contributed by atoms with Crippen LogP contribution in [-0.2, 0) is 9.53 Å². The first-order valence-electron chi connectivity index (χ1n) is 10.1. The van der Waals surface area contributed by atoms with Crippen LogP contribution in [-0.4, -0.2) is 19.0 Å². The highest BCUT2D eigenvalue weighted by Gasteiger charge is 2.21. The third kappa shape index (κ3) is 4.94. The van der Waals surface area contributed by atoms with Crippen LogP contribution < -0.4 is 5.32 Å². The number of furan rings is 1. The molecule has 0 aliphatic rings. The maximum Gasteiger partial charge on any atom is 0.340 e. The Balaban J connectivity index is 1.61. The number of thiophene rings is 1. The number of rotatable bonds is 6. The molecule has 1 amide bonds. The van der Waals surface area contributed by atoms with E-state index < -0.39 is 11.9 Å². The van der Waals surface area contributed by atoms with Crippen LogP contribution >= 0.6 is 22.9 Å². The number of hydrogen-bond donors (Lipinski definition) is 1. The predicted octanol–water partition coefficient (Wildman–Crippen LogP) is 6.66. The molecule has 0 aliphatic heterocycles. The minimum Gasteiger partial charge on any atom is -0.465 e. The number of ether oxygens (including phenoxy) is 1. The second kappa shape index (κ2) is 10.2. The molecule has 0 fully saturated rings. The molecule has 4 aromatic rings. The van der Waals surface area contributed by atoms with Gasteiger partial charge in [0.25, 0.3) is 5.91 Å². The van der Waals surface area contributed by atoms with Gasteiger partial charge in [0.2, 0.25) is 0 Å². The molecule has 8 heteroatoms. The molecule has 0 atom stereocenters. The van der Waals surface area contributed by atoms with Crippen LogP contribution in [0.3, 0.4) is 0 Å². The number of carbonyl (C=O) groups excluding carboxylic acids is 2. The molecule has 4 rings (SSSR count). The van der Waals surface area contributed by atoms with Crippen LogP contribution in [0, 0.1) is 11.3 Å². The summed E-state index contributed by atoms with van der Waals surface area (Å²) in [6, 6.07) is 23.5. The lowest BCUT2D eigenvalue weighted by Gasteiger charge is -2.04. The van der Waals surface area contributed by atoms with Crippen molar-refractivity contribution in [2.75, 3.05) is 12.4 Å². The largest absolute Gasteiger partial charge is 0.465 e. The summed E-state index contributed by atoms with van der Waals surface area (Å²) in [6.07, 6.45) is 1.33. The molecule has 0 saturated heterocycles. The summed E-state index contributed by atoms with van der Waals surface area (Å²) in [5.41, 5.74) is 1.60. The van der Waals surface area contributed by atoms with Crippen molar-refractivity contribution in [1.29, 1.82) is 5.26 Å². The molecule has 0 unspecified atom stereocenters. The fourth-order valence-corrected chi connectivity index (χ4v) is 4.46. The van der Waals surface area contributed by atoms with Crippen LogP contribution in [0.1, 0.15) is 16.1 Å². The van der Waals surface area contributed by atoms with Gasteiger partial charge in [-0.05, 0) is 35.9 Å². The standard InChI is InChI=1S/C26H17ClN2O4S/c1-32-26(31)20-14-23(16-7-3-2-4-8-16)34-25(20)29-24(30)17(15-28)13-18-11-12-22(33-18)19-9-5-6-10-21(19)27/h2-14H,1H3,(H,29,30)/b17-13+. The van der Waals surface area contributed by atoms with Gasteiger partial charge in [0, 0.05) is 16.5 Å². The third-order valence-electron chi connectivity index (χ3n) is 4.84. The average molecular weight is 489 g/mol. The number of carbonyl (C=O) groups is 2. The lowest BCUT2D eigenvalue weighted by atomic mass is 10.1. The number of nitrogens with one attached hydrogen (secondary N) is 1. The number of hydrogen-bond acceptors (Lipinski definition) is 6. The van der Waals surface area contributed by atoms with Gasteiger partial charge in [-0.2, -0.15) is 5.26 Å². The lowest BCUT2D eigenvalue weighted by Crippen LogP contribution is -2.15. The summed E-state index contributed by atoms with van der Waals surface area (Å²) in [6.45, 7) is 0. The van der Waals surface area contributed by atoms with E-state index >= 15 is 0 Å². The molecule has 2 aromatic heterocycles. The molecule has 1 N–H and O–H groups in total. The SMILES string of the molecule is COC(=O)c1cc(-c2ccccc2)sc1NC(=O)/C(C#N)=C/c1ccc(-c2ccccc2Cl)o1. The Morgan fingerprint density at radius 3 is 2.53 bits per heavy atom. The maximum atomic E-state index is 12.9. The Morgan fingerprint density at radius 1 is 1.09 bits per heavy atom. The molecule has 34 heavy (non-hydrogen) atoms. The summed E-state index contributed by atoms with van der Waals surface area (Å²) in [5.74, 6) is -0.448. The minimum atomic E-state index is -0.676. The maximum absolute atomic E-state index is 12.9. The van der Waals surface area contributed by atoms with Crippen LogP contribution in [0.4, 0.5) is 5.00 Å². The van der Waals surface area contributed by atoms with Crippen molar-refractivity contribution in [3.63, 3.8) is 0 Å².